The van der Waals surface area contributed by atoms with Crippen LogP contribution in [0.5, 0.6) is 11.5 Å². The normalized spacial score (nSPS) is 26.4. The Bertz CT molecular complexity index is 1140. The van der Waals surface area contributed by atoms with Crippen molar-refractivity contribution < 1.29 is 28.5 Å². The highest BCUT2D eigenvalue weighted by Crippen LogP contribution is 2.53. The van der Waals surface area contributed by atoms with Crippen molar-refractivity contribution in [2.24, 2.45) is 11.8 Å². The summed E-state index contributed by atoms with van der Waals surface area (Å²) in [5.74, 6) is 1.84. The van der Waals surface area contributed by atoms with Gasteiger partial charge in [0.15, 0.2) is 0 Å². The van der Waals surface area contributed by atoms with E-state index in [9.17, 15) is 9.59 Å². The molecular formula is C29H36N2O6. The Kier molecular flexibility index (Phi) is 7.03. The fourth-order valence-electron chi connectivity index (χ4n) is 5.89. The van der Waals surface area contributed by atoms with Crippen LogP contribution in [0.4, 0.5) is 4.79 Å². The lowest BCUT2D eigenvalue weighted by Crippen LogP contribution is -2.57. The maximum atomic E-state index is 13.2. The van der Waals surface area contributed by atoms with Crippen molar-refractivity contribution in [2.45, 2.75) is 64.1 Å². The molecule has 0 aliphatic carbocycles. The summed E-state index contributed by atoms with van der Waals surface area (Å²) in [6, 6.07) is 14.7. The molecule has 2 amide bonds. The van der Waals surface area contributed by atoms with Crippen molar-refractivity contribution in [3.05, 3.63) is 59.7 Å². The van der Waals surface area contributed by atoms with Gasteiger partial charge in [-0.25, -0.2) is 4.79 Å². The fourth-order valence-corrected chi connectivity index (χ4v) is 5.89. The molecule has 8 heteroatoms. The third-order valence-corrected chi connectivity index (χ3v) is 7.93. The summed E-state index contributed by atoms with van der Waals surface area (Å²) in [5, 5.41) is 2.68. The van der Waals surface area contributed by atoms with Gasteiger partial charge in [0.2, 0.25) is 5.91 Å². The van der Waals surface area contributed by atoms with Gasteiger partial charge in [-0.05, 0) is 51.3 Å². The van der Waals surface area contributed by atoms with Crippen molar-refractivity contribution in [3.63, 3.8) is 0 Å². The van der Waals surface area contributed by atoms with Crippen molar-refractivity contribution in [2.75, 3.05) is 20.2 Å². The first-order valence-electron chi connectivity index (χ1n) is 13.0. The molecule has 0 saturated carbocycles. The predicted octanol–water partition coefficient (Wildman–Crippen LogP) is 4.48. The summed E-state index contributed by atoms with van der Waals surface area (Å²) in [5.41, 5.74) is 1.54. The minimum atomic E-state index is -0.673. The molecule has 0 radical (unpaired) electrons. The molecule has 1 N–H and O–H groups in total. The SMILES string of the molecule is COc1ccc2c(c1)OC(C)(C)[C@H]1C[C@@H]3CN(C(=O)[C@H](C)NC(=O)OCc4ccccc4)CC[C@@H]3O[C@H]21. The van der Waals surface area contributed by atoms with E-state index in [0.29, 0.717) is 13.1 Å². The molecule has 198 valence electrons. The number of alkyl carbamates (subject to hydrolysis) is 1. The lowest BCUT2D eigenvalue weighted by atomic mass is 9.70. The number of fused-ring (bicyclic) bond motifs is 4. The number of hydrogen-bond acceptors (Lipinski definition) is 6. The highest BCUT2D eigenvalue weighted by atomic mass is 16.5. The Morgan fingerprint density at radius 2 is 1.97 bits per heavy atom. The third kappa shape index (κ3) is 5.25. The second-order valence-electron chi connectivity index (χ2n) is 10.8. The molecule has 2 fully saturated rings. The quantitative estimate of drug-likeness (QED) is 0.641. The van der Waals surface area contributed by atoms with Crippen LogP contribution < -0.4 is 14.8 Å². The highest BCUT2D eigenvalue weighted by molar-refractivity contribution is 5.85. The van der Waals surface area contributed by atoms with Gasteiger partial charge in [-0.1, -0.05) is 30.3 Å². The topological polar surface area (TPSA) is 86.3 Å². The maximum Gasteiger partial charge on any atom is 0.408 e. The Morgan fingerprint density at radius 1 is 1.19 bits per heavy atom. The summed E-state index contributed by atoms with van der Waals surface area (Å²) in [6.45, 7) is 7.27. The number of rotatable bonds is 5. The molecule has 3 heterocycles. The second kappa shape index (κ2) is 10.2. The monoisotopic (exact) mass is 508 g/mol. The number of likely N-dealkylation sites (tertiary alicyclic amines) is 1. The van der Waals surface area contributed by atoms with E-state index in [1.165, 1.54) is 0 Å². The molecule has 2 aromatic carbocycles. The number of carbonyl (C=O) groups excluding carboxylic acids is 2. The number of methoxy groups -OCH3 is 1. The largest absolute Gasteiger partial charge is 0.497 e. The number of benzene rings is 2. The number of ether oxygens (including phenoxy) is 4. The van der Waals surface area contributed by atoms with Crippen LogP contribution in [0.25, 0.3) is 0 Å². The number of amides is 2. The van der Waals surface area contributed by atoms with Crippen LogP contribution in [0.15, 0.2) is 48.5 Å². The summed E-state index contributed by atoms with van der Waals surface area (Å²) >= 11 is 0. The molecule has 3 aliphatic rings. The van der Waals surface area contributed by atoms with Gasteiger partial charge in [0.25, 0.3) is 0 Å². The van der Waals surface area contributed by atoms with E-state index >= 15 is 0 Å². The van der Waals surface area contributed by atoms with Crippen molar-refractivity contribution in [3.8, 4) is 11.5 Å². The van der Waals surface area contributed by atoms with Gasteiger partial charge in [0, 0.05) is 36.6 Å². The summed E-state index contributed by atoms with van der Waals surface area (Å²) in [4.78, 5) is 27.3. The molecule has 37 heavy (non-hydrogen) atoms. The third-order valence-electron chi connectivity index (χ3n) is 7.93. The zero-order chi connectivity index (χ0) is 26.2. The first-order valence-corrected chi connectivity index (χ1v) is 13.0. The minimum absolute atomic E-state index is 0.0480. The van der Waals surface area contributed by atoms with Crippen molar-refractivity contribution in [1.29, 1.82) is 0 Å². The van der Waals surface area contributed by atoms with Crippen LogP contribution in [-0.2, 0) is 20.9 Å². The zero-order valence-corrected chi connectivity index (χ0v) is 21.9. The number of nitrogens with one attached hydrogen (secondary N) is 1. The number of nitrogens with zero attached hydrogens (tertiary/aromatic N) is 1. The van der Waals surface area contributed by atoms with Crippen molar-refractivity contribution >= 4 is 12.0 Å². The Hall–Kier alpha value is -3.26. The number of carbonyl (C=O) groups is 2. The van der Waals surface area contributed by atoms with E-state index in [-0.39, 0.29) is 36.6 Å². The van der Waals surface area contributed by atoms with E-state index in [1.807, 2.05) is 53.4 Å². The average Bonchev–Trinajstić information content (AvgIpc) is 2.90. The lowest BCUT2D eigenvalue weighted by Gasteiger charge is -2.53. The molecule has 0 spiro atoms. The van der Waals surface area contributed by atoms with Gasteiger partial charge in [0.1, 0.15) is 29.7 Å². The molecule has 2 saturated heterocycles. The van der Waals surface area contributed by atoms with Crippen LogP contribution in [0.2, 0.25) is 0 Å². The first-order chi connectivity index (χ1) is 17.7. The first kappa shape index (κ1) is 25.4. The van der Waals surface area contributed by atoms with Gasteiger partial charge in [-0.3, -0.25) is 4.79 Å². The smallest absolute Gasteiger partial charge is 0.408 e. The zero-order valence-electron chi connectivity index (χ0n) is 21.9. The van der Waals surface area contributed by atoms with Gasteiger partial charge in [-0.2, -0.15) is 0 Å². The van der Waals surface area contributed by atoms with Gasteiger partial charge in [-0.15, -0.1) is 0 Å². The Labute approximate surface area is 218 Å². The van der Waals surface area contributed by atoms with Crippen molar-refractivity contribution in [1.82, 2.24) is 10.2 Å². The summed E-state index contributed by atoms with van der Waals surface area (Å²) < 4.78 is 23.8. The molecule has 0 bridgehead atoms. The van der Waals surface area contributed by atoms with E-state index in [0.717, 1.165) is 35.5 Å². The molecule has 5 rings (SSSR count). The van der Waals surface area contributed by atoms with E-state index < -0.39 is 17.7 Å². The summed E-state index contributed by atoms with van der Waals surface area (Å²) in [6.07, 6.45) is 1.09. The maximum absolute atomic E-state index is 13.2. The average molecular weight is 509 g/mol. The molecular weight excluding hydrogens is 472 g/mol. The van der Waals surface area contributed by atoms with Gasteiger partial charge >= 0.3 is 6.09 Å². The van der Waals surface area contributed by atoms with Crippen LogP contribution in [-0.4, -0.2) is 54.8 Å². The van der Waals surface area contributed by atoms with E-state index in [1.54, 1.807) is 14.0 Å². The standard InChI is InChI=1S/C29H36N2O6/c1-18(30-28(33)35-17-19-8-6-5-7-9-19)27(32)31-13-12-24-20(16-31)14-23-26(36-24)22-11-10-21(34-4)15-25(22)37-29(23,2)3/h5-11,15,18,20,23-24,26H,12-14,16-17H2,1-4H3,(H,30,33)/t18-,20+,23-,24-,26+/m0/s1. The second-order valence-corrected chi connectivity index (χ2v) is 10.8. The number of hydrogen-bond donors (Lipinski definition) is 1. The fraction of sp³-hybridized carbons (Fsp3) is 0.517. The predicted molar refractivity (Wildman–Crippen MR) is 137 cm³/mol. The molecule has 0 aromatic heterocycles. The highest BCUT2D eigenvalue weighted by Gasteiger charge is 2.51. The molecule has 3 aliphatic heterocycles. The van der Waals surface area contributed by atoms with Gasteiger partial charge < -0.3 is 29.2 Å². The van der Waals surface area contributed by atoms with Crippen LogP contribution in [0.3, 0.4) is 0 Å². The van der Waals surface area contributed by atoms with Gasteiger partial charge in [0.05, 0.1) is 19.3 Å². The lowest BCUT2D eigenvalue weighted by molar-refractivity contribution is -0.189. The Morgan fingerprint density at radius 3 is 2.73 bits per heavy atom. The van der Waals surface area contributed by atoms with E-state index in [4.69, 9.17) is 18.9 Å². The summed E-state index contributed by atoms with van der Waals surface area (Å²) in [7, 11) is 1.65. The molecule has 8 nitrogen and oxygen atoms in total. The molecule has 0 unspecified atom stereocenters. The van der Waals surface area contributed by atoms with Crippen LogP contribution >= 0.6 is 0 Å². The van der Waals surface area contributed by atoms with E-state index in [2.05, 4.69) is 19.2 Å². The van der Waals surface area contributed by atoms with Crippen LogP contribution in [0, 0.1) is 11.8 Å². The molecule has 5 atom stereocenters. The van der Waals surface area contributed by atoms with Crippen LogP contribution in [0.1, 0.15) is 50.8 Å². The minimum Gasteiger partial charge on any atom is -0.497 e. The Balaban J connectivity index is 1.20. The number of piperidine rings is 1. The molecule has 2 aromatic rings.